The lowest BCUT2D eigenvalue weighted by Crippen LogP contribution is -2.48. The van der Waals surface area contributed by atoms with Gasteiger partial charge in [-0.25, -0.2) is 9.59 Å². The Morgan fingerprint density at radius 2 is 1.74 bits per heavy atom. The van der Waals surface area contributed by atoms with E-state index in [4.69, 9.17) is 10.2 Å². The SMILES string of the molecule is CCN(CC)CCNC(=O)N[C@@H](CC(=O)O)C(=O)O. The molecule has 0 aromatic heterocycles. The van der Waals surface area contributed by atoms with Gasteiger partial charge in [0.05, 0.1) is 6.42 Å². The highest BCUT2D eigenvalue weighted by atomic mass is 16.4. The molecule has 8 nitrogen and oxygen atoms in total. The maximum Gasteiger partial charge on any atom is 0.326 e. The van der Waals surface area contributed by atoms with Crippen LogP contribution in [0.5, 0.6) is 0 Å². The number of urea groups is 1. The predicted octanol–water partition coefficient (Wildman–Crippen LogP) is -0.445. The molecule has 0 saturated heterocycles. The summed E-state index contributed by atoms with van der Waals surface area (Å²) < 4.78 is 0. The van der Waals surface area contributed by atoms with Gasteiger partial charge < -0.3 is 25.7 Å². The molecule has 0 aromatic carbocycles. The van der Waals surface area contributed by atoms with E-state index in [0.29, 0.717) is 13.1 Å². The van der Waals surface area contributed by atoms with Crippen molar-refractivity contribution in [3.8, 4) is 0 Å². The summed E-state index contributed by atoms with van der Waals surface area (Å²) in [6.45, 7) is 6.73. The Bertz CT molecular complexity index is 317. The molecule has 19 heavy (non-hydrogen) atoms. The van der Waals surface area contributed by atoms with Gasteiger partial charge in [0.1, 0.15) is 6.04 Å². The van der Waals surface area contributed by atoms with Gasteiger partial charge in [-0.2, -0.15) is 0 Å². The van der Waals surface area contributed by atoms with Crippen molar-refractivity contribution in [3.05, 3.63) is 0 Å². The molecule has 0 aliphatic rings. The summed E-state index contributed by atoms with van der Waals surface area (Å²) in [6.07, 6.45) is -0.654. The molecule has 4 N–H and O–H groups in total. The molecule has 1 atom stereocenters. The number of likely N-dealkylation sites (N-methyl/N-ethyl adjacent to an activating group) is 1. The maximum absolute atomic E-state index is 11.4. The Labute approximate surface area is 111 Å². The molecular weight excluding hydrogens is 254 g/mol. The van der Waals surface area contributed by atoms with E-state index in [1.54, 1.807) is 0 Å². The summed E-state index contributed by atoms with van der Waals surface area (Å²) in [6, 6.07) is -2.10. The van der Waals surface area contributed by atoms with Gasteiger partial charge in [0.15, 0.2) is 0 Å². The number of carbonyl (C=O) groups excluding carboxylic acids is 1. The quantitative estimate of drug-likeness (QED) is 0.453. The smallest absolute Gasteiger partial charge is 0.326 e. The van der Waals surface area contributed by atoms with Crippen LogP contribution in [-0.4, -0.2) is 65.3 Å². The van der Waals surface area contributed by atoms with Crippen LogP contribution in [0.2, 0.25) is 0 Å². The Balaban J connectivity index is 4.06. The second-order valence-electron chi connectivity index (χ2n) is 3.92. The standard InChI is InChI=1S/C11H21N3O5/c1-3-14(4-2)6-5-12-11(19)13-8(10(17)18)7-9(15)16/h8H,3-7H2,1-2H3,(H,15,16)(H,17,18)(H2,12,13,19)/t8-/m0/s1. The van der Waals surface area contributed by atoms with Crippen molar-refractivity contribution in [2.45, 2.75) is 26.3 Å². The summed E-state index contributed by atoms with van der Waals surface area (Å²) in [4.78, 5) is 34.7. The summed E-state index contributed by atoms with van der Waals surface area (Å²) in [7, 11) is 0. The van der Waals surface area contributed by atoms with E-state index in [9.17, 15) is 14.4 Å². The van der Waals surface area contributed by atoms with Crippen LogP contribution in [0.1, 0.15) is 20.3 Å². The van der Waals surface area contributed by atoms with E-state index in [1.807, 2.05) is 13.8 Å². The van der Waals surface area contributed by atoms with Crippen LogP contribution in [0.4, 0.5) is 4.79 Å². The van der Waals surface area contributed by atoms with Crippen LogP contribution in [0, 0.1) is 0 Å². The third-order valence-corrected chi connectivity index (χ3v) is 2.59. The number of rotatable bonds is 9. The molecule has 0 spiro atoms. The Hall–Kier alpha value is -1.83. The number of hydrogen-bond acceptors (Lipinski definition) is 4. The third kappa shape index (κ3) is 7.98. The molecule has 110 valence electrons. The molecule has 0 unspecified atom stereocenters. The first-order valence-corrected chi connectivity index (χ1v) is 6.12. The minimum atomic E-state index is -1.43. The number of aliphatic carboxylic acids is 2. The number of carboxylic acids is 2. The van der Waals surface area contributed by atoms with Crippen LogP contribution in [0.25, 0.3) is 0 Å². The van der Waals surface area contributed by atoms with Gasteiger partial charge in [0, 0.05) is 13.1 Å². The fourth-order valence-corrected chi connectivity index (χ4v) is 1.45. The molecular formula is C11H21N3O5. The molecule has 0 fully saturated rings. The summed E-state index contributed by atoms with van der Waals surface area (Å²) in [5, 5.41) is 21.9. The van der Waals surface area contributed by atoms with E-state index < -0.39 is 30.4 Å². The molecule has 0 aliphatic carbocycles. The average Bonchev–Trinajstić information content (AvgIpc) is 2.33. The van der Waals surface area contributed by atoms with Crippen molar-refractivity contribution >= 4 is 18.0 Å². The third-order valence-electron chi connectivity index (χ3n) is 2.59. The topological polar surface area (TPSA) is 119 Å². The molecule has 0 heterocycles. The lowest BCUT2D eigenvalue weighted by Gasteiger charge is -2.18. The lowest BCUT2D eigenvalue weighted by molar-refractivity contribution is -0.145. The van der Waals surface area contributed by atoms with Crippen LogP contribution in [-0.2, 0) is 9.59 Å². The average molecular weight is 275 g/mol. The van der Waals surface area contributed by atoms with Crippen molar-refractivity contribution < 1.29 is 24.6 Å². The van der Waals surface area contributed by atoms with E-state index >= 15 is 0 Å². The molecule has 8 heteroatoms. The number of hydrogen-bond donors (Lipinski definition) is 4. The van der Waals surface area contributed by atoms with Crippen LogP contribution < -0.4 is 10.6 Å². The highest BCUT2D eigenvalue weighted by Crippen LogP contribution is 1.92. The van der Waals surface area contributed by atoms with Gasteiger partial charge in [-0.05, 0) is 13.1 Å². The molecule has 0 rings (SSSR count). The number of amides is 2. The lowest BCUT2D eigenvalue weighted by atomic mass is 10.2. The van der Waals surface area contributed by atoms with Gasteiger partial charge in [0.25, 0.3) is 0 Å². The van der Waals surface area contributed by atoms with Crippen molar-refractivity contribution in [3.63, 3.8) is 0 Å². The highest BCUT2D eigenvalue weighted by molar-refractivity contribution is 5.86. The molecule has 0 aromatic rings. The monoisotopic (exact) mass is 275 g/mol. The van der Waals surface area contributed by atoms with E-state index in [1.165, 1.54) is 0 Å². The Morgan fingerprint density at radius 3 is 2.16 bits per heavy atom. The first-order chi connectivity index (χ1) is 8.90. The molecule has 0 bridgehead atoms. The van der Waals surface area contributed by atoms with Crippen LogP contribution in [0.15, 0.2) is 0 Å². The fraction of sp³-hybridized carbons (Fsp3) is 0.727. The molecule has 0 aliphatic heterocycles. The Kier molecular flexibility index (Phi) is 8.27. The van der Waals surface area contributed by atoms with Crippen LogP contribution in [0.3, 0.4) is 0 Å². The van der Waals surface area contributed by atoms with Gasteiger partial charge >= 0.3 is 18.0 Å². The number of nitrogens with one attached hydrogen (secondary N) is 2. The predicted molar refractivity (Wildman–Crippen MR) is 68.0 cm³/mol. The van der Waals surface area contributed by atoms with Gasteiger partial charge in [-0.1, -0.05) is 13.8 Å². The second kappa shape index (κ2) is 9.15. The van der Waals surface area contributed by atoms with E-state index in [-0.39, 0.29) is 0 Å². The summed E-state index contributed by atoms with van der Waals surface area (Å²) in [5.41, 5.74) is 0. The summed E-state index contributed by atoms with van der Waals surface area (Å²) in [5.74, 6) is -2.66. The van der Waals surface area contributed by atoms with E-state index in [2.05, 4.69) is 15.5 Å². The van der Waals surface area contributed by atoms with Crippen molar-refractivity contribution in [2.75, 3.05) is 26.2 Å². The zero-order chi connectivity index (χ0) is 14.8. The van der Waals surface area contributed by atoms with Gasteiger partial charge in [-0.3, -0.25) is 4.79 Å². The first kappa shape index (κ1) is 17.2. The van der Waals surface area contributed by atoms with E-state index in [0.717, 1.165) is 13.1 Å². The Morgan fingerprint density at radius 1 is 1.16 bits per heavy atom. The fourth-order valence-electron chi connectivity index (χ4n) is 1.45. The van der Waals surface area contributed by atoms with Gasteiger partial charge in [-0.15, -0.1) is 0 Å². The molecule has 0 saturated carbocycles. The van der Waals surface area contributed by atoms with Gasteiger partial charge in [0.2, 0.25) is 0 Å². The maximum atomic E-state index is 11.4. The second-order valence-corrected chi connectivity index (χ2v) is 3.92. The zero-order valence-electron chi connectivity index (χ0n) is 11.2. The molecule has 2 amide bonds. The number of nitrogens with zero attached hydrogens (tertiary/aromatic N) is 1. The normalized spacial score (nSPS) is 11.9. The zero-order valence-corrected chi connectivity index (χ0v) is 11.2. The minimum Gasteiger partial charge on any atom is -0.481 e. The summed E-state index contributed by atoms with van der Waals surface area (Å²) >= 11 is 0. The number of carboxylic acid groups (broad SMARTS) is 2. The number of carbonyl (C=O) groups is 3. The molecule has 0 radical (unpaired) electrons. The first-order valence-electron chi connectivity index (χ1n) is 6.12. The van der Waals surface area contributed by atoms with Crippen LogP contribution >= 0.6 is 0 Å². The largest absolute Gasteiger partial charge is 0.481 e. The highest BCUT2D eigenvalue weighted by Gasteiger charge is 2.22. The van der Waals surface area contributed by atoms with Crippen molar-refractivity contribution in [1.29, 1.82) is 0 Å². The van der Waals surface area contributed by atoms with Crippen molar-refractivity contribution in [1.82, 2.24) is 15.5 Å². The van der Waals surface area contributed by atoms with Crippen molar-refractivity contribution in [2.24, 2.45) is 0 Å². The minimum absolute atomic E-state index is 0.368.